The molecular formula is C20H24N4O2. The molecule has 136 valence electrons. The lowest BCUT2D eigenvalue weighted by Crippen LogP contribution is -2.41. The molecule has 0 spiro atoms. The van der Waals surface area contributed by atoms with Gasteiger partial charge in [0, 0.05) is 13.1 Å². The van der Waals surface area contributed by atoms with Crippen LogP contribution in [0.4, 0.5) is 0 Å². The quantitative estimate of drug-likeness (QED) is 0.709. The van der Waals surface area contributed by atoms with Crippen molar-refractivity contribution in [1.29, 1.82) is 0 Å². The number of aromatic nitrogens is 4. The van der Waals surface area contributed by atoms with Gasteiger partial charge in [0.15, 0.2) is 11.2 Å². The number of hydrogen-bond donors (Lipinski definition) is 0. The predicted octanol–water partition coefficient (Wildman–Crippen LogP) is 2.72. The highest BCUT2D eigenvalue weighted by Gasteiger charge is 2.25. The lowest BCUT2D eigenvalue weighted by molar-refractivity contribution is 0.488. The zero-order valence-corrected chi connectivity index (χ0v) is 15.5. The highest BCUT2D eigenvalue weighted by Crippen LogP contribution is 2.31. The van der Waals surface area contributed by atoms with E-state index >= 15 is 0 Å². The van der Waals surface area contributed by atoms with E-state index in [1.165, 1.54) is 17.4 Å². The Kier molecular flexibility index (Phi) is 4.05. The van der Waals surface area contributed by atoms with Gasteiger partial charge >= 0.3 is 5.69 Å². The molecule has 0 unspecified atom stereocenters. The normalized spacial score (nSPS) is 14.5. The monoisotopic (exact) mass is 352 g/mol. The van der Waals surface area contributed by atoms with Gasteiger partial charge in [0.25, 0.3) is 5.56 Å². The third-order valence-corrected chi connectivity index (χ3v) is 4.89. The molecule has 0 atom stereocenters. The summed E-state index contributed by atoms with van der Waals surface area (Å²) in [4.78, 5) is 30.7. The van der Waals surface area contributed by atoms with Gasteiger partial charge in [-0.3, -0.25) is 9.36 Å². The highest BCUT2D eigenvalue weighted by molar-refractivity contribution is 5.72. The van der Waals surface area contributed by atoms with Crippen LogP contribution in [-0.4, -0.2) is 18.7 Å². The average molecular weight is 352 g/mol. The molecule has 0 radical (unpaired) electrons. The van der Waals surface area contributed by atoms with Crippen LogP contribution >= 0.6 is 0 Å². The van der Waals surface area contributed by atoms with Crippen molar-refractivity contribution < 1.29 is 0 Å². The van der Waals surface area contributed by atoms with E-state index in [4.69, 9.17) is 0 Å². The van der Waals surface area contributed by atoms with Crippen molar-refractivity contribution in [1.82, 2.24) is 18.7 Å². The van der Waals surface area contributed by atoms with Crippen molar-refractivity contribution >= 4 is 11.2 Å². The molecule has 3 aromatic rings. The lowest BCUT2D eigenvalue weighted by Gasteiger charge is -2.14. The molecule has 0 bridgehead atoms. The van der Waals surface area contributed by atoms with Gasteiger partial charge in [-0.2, -0.15) is 0 Å². The zero-order chi connectivity index (χ0) is 18.4. The summed E-state index contributed by atoms with van der Waals surface area (Å²) in [6.45, 7) is 7.21. The molecule has 1 aliphatic carbocycles. The molecule has 1 saturated carbocycles. The molecule has 26 heavy (non-hydrogen) atoms. The SMILES string of the molecule is Cc1ccc(-n2c(=O)n(CC(C)C)c(=O)c3c2ncn3CC2CC2)cc1. The molecule has 6 heteroatoms. The largest absolute Gasteiger partial charge is 0.337 e. The Hall–Kier alpha value is -2.63. The number of nitrogens with zero attached hydrogens (tertiary/aromatic N) is 4. The first-order valence-corrected chi connectivity index (χ1v) is 9.23. The van der Waals surface area contributed by atoms with Crippen molar-refractivity contribution in [3.63, 3.8) is 0 Å². The summed E-state index contributed by atoms with van der Waals surface area (Å²) in [6, 6.07) is 7.74. The van der Waals surface area contributed by atoms with Crippen molar-refractivity contribution in [2.75, 3.05) is 0 Å². The Morgan fingerprint density at radius 1 is 1.15 bits per heavy atom. The van der Waals surface area contributed by atoms with Gasteiger partial charge in [-0.25, -0.2) is 14.3 Å². The van der Waals surface area contributed by atoms with Gasteiger partial charge in [0.1, 0.15) is 0 Å². The van der Waals surface area contributed by atoms with Gasteiger partial charge in [-0.05, 0) is 43.7 Å². The van der Waals surface area contributed by atoms with Crippen molar-refractivity contribution in [3.05, 3.63) is 57.0 Å². The Bertz CT molecular complexity index is 1070. The maximum Gasteiger partial charge on any atom is 0.337 e. The molecule has 1 aromatic carbocycles. The van der Waals surface area contributed by atoms with E-state index in [0.717, 1.165) is 17.8 Å². The van der Waals surface area contributed by atoms with Gasteiger partial charge in [0.2, 0.25) is 0 Å². The summed E-state index contributed by atoms with van der Waals surface area (Å²) in [5.41, 5.74) is 2.27. The van der Waals surface area contributed by atoms with E-state index in [2.05, 4.69) is 4.98 Å². The molecule has 2 heterocycles. The van der Waals surface area contributed by atoms with E-state index in [0.29, 0.717) is 23.6 Å². The molecule has 1 aliphatic rings. The minimum Gasteiger partial charge on any atom is -0.324 e. The third-order valence-electron chi connectivity index (χ3n) is 4.89. The van der Waals surface area contributed by atoms with E-state index in [9.17, 15) is 9.59 Å². The summed E-state index contributed by atoms with van der Waals surface area (Å²) in [7, 11) is 0. The number of rotatable bonds is 5. The van der Waals surface area contributed by atoms with E-state index in [1.54, 1.807) is 10.9 Å². The first-order valence-electron chi connectivity index (χ1n) is 9.23. The van der Waals surface area contributed by atoms with Gasteiger partial charge < -0.3 is 4.57 Å². The molecular weight excluding hydrogens is 328 g/mol. The fourth-order valence-electron chi connectivity index (χ4n) is 3.35. The topological polar surface area (TPSA) is 61.8 Å². The Balaban J connectivity index is 2.02. The summed E-state index contributed by atoms with van der Waals surface area (Å²) >= 11 is 0. The Morgan fingerprint density at radius 3 is 2.46 bits per heavy atom. The van der Waals surface area contributed by atoms with Crippen LogP contribution in [0.5, 0.6) is 0 Å². The van der Waals surface area contributed by atoms with E-state index in [1.807, 2.05) is 49.6 Å². The van der Waals surface area contributed by atoms with Crippen LogP contribution in [0, 0.1) is 18.8 Å². The average Bonchev–Trinajstić information content (AvgIpc) is 3.32. The number of benzene rings is 1. The minimum absolute atomic E-state index is 0.198. The number of imidazole rings is 1. The summed E-state index contributed by atoms with van der Waals surface area (Å²) < 4.78 is 4.86. The first kappa shape index (κ1) is 16.8. The minimum atomic E-state index is -0.322. The van der Waals surface area contributed by atoms with Crippen molar-refractivity contribution in [2.24, 2.45) is 11.8 Å². The fraction of sp³-hybridized carbons (Fsp3) is 0.450. The first-order chi connectivity index (χ1) is 12.5. The summed E-state index contributed by atoms with van der Waals surface area (Å²) in [5, 5.41) is 0. The Morgan fingerprint density at radius 2 is 1.85 bits per heavy atom. The lowest BCUT2D eigenvalue weighted by atomic mass is 10.2. The van der Waals surface area contributed by atoms with Gasteiger partial charge in [-0.1, -0.05) is 31.5 Å². The van der Waals surface area contributed by atoms with Crippen LogP contribution in [0.15, 0.2) is 40.2 Å². The van der Waals surface area contributed by atoms with Crippen molar-refractivity contribution in [2.45, 2.75) is 46.7 Å². The van der Waals surface area contributed by atoms with E-state index < -0.39 is 0 Å². The molecule has 0 amide bonds. The number of aryl methyl sites for hydroxylation is 1. The van der Waals surface area contributed by atoms with Crippen LogP contribution < -0.4 is 11.2 Å². The molecule has 4 rings (SSSR count). The summed E-state index contributed by atoms with van der Waals surface area (Å²) in [5.74, 6) is 0.814. The van der Waals surface area contributed by atoms with Crippen LogP contribution in [0.3, 0.4) is 0 Å². The highest BCUT2D eigenvalue weighted by atomic mass is 16.2. The molecule has 6 nitrogen and oxygen atoms in total. The predicted molar refractivity (Wildman–Crippen MR) is 102 cm³/mol. The summed E-state index contributed by atoms with van der Waals surface area (Å²) in [6.07, 6.45) is 4.09. The second-order valence-electron chi connectivity index (χ2n) is 7.78. The second kappa shape index (κ2) is 6.27. The fourth-order valence-corrected chi connectivity index (χ4v) is 3.35. The van der Waals surface area contributed by atoms with Crippen molar-refractivity contribution in [3.8, 4) is 5.69 Å². The zero-order valence-electron chi connectivity index (χ0n) is 15.5. The maximum atomic E-state index is 13.1. The number of hydrogen-bond acceptors (Lipinski definition) is 3. The van der Waals surface area contributed by atoms with E-state index in [-0.39, 0.29) is 17.2 Å². The van der Waals surface area contributed by atoms with Crippen LogP contribution in [-0.2, 0) is 13.1 Å². The maximum absolute atomic E-state index is 13.1. The molecule has 0 saturated heterocycles. The standard InChI is InChI=1S/C20H24N4O2/c1-13(2)10-23-19(25)17-18(21-12-22(17)11-15-6-7-15)24(20(23)26)16-8-4-14(3)5-9-16/h4-5,8-9,12-13,15H,6-7,10-11H2,1-3H3. The second-order valence-corrected chi connectivity index (χ2v) is 7.78. The molecule has 2 aromatic heterocycles. The third kappa shape index (κ3) is 2.89. The molecule has 0 N–H and O–H groups in total. The van der Waals surface area contributed by atoms with Crippen LogP contribution in [0.1, 0.15) is 32.3 Å². The van der Waals surface area contributed by atoms with Gasteiger partial charge in [0.05, 0.1) is 12.0 Å². The van der Waals surface area contributed by atoms with Gasteiger partial charge in [-0.15, -0.1) is 0 Å². The number of fused-ring (bicyclic) bond motifs is 1. The Labute approximate surface area is 151 Å². The molecule has 1 fully saturated rings. The molecule has 0 aliphatic heterocycles. The van der Waals surface area contributed by atoms with Crippen LogP contribution in [0.25, 0.3) is 16.9 Å². The smallest absolute Gasteiger partial charge is 0.324 e. The van der Waals surface area contributed by atoms with Crippen LogP contribution in [0.2, 0.25) is 0 Å².